The number of hydrogen-bond acceptors (Lipinski definition) is 5. The minimum atomic E-state index is 0.509. The maximum Gasteiger partial charge on any atom is 0.219 e. The topological polar surface area (TPSA) is 73.1 Å². The molecule has 0 aliphatic heterocycles. The number of rotatable bonds is 4. The molecule has 2 aromatic rings. The summed E-state index contributed by atoms with van der Waals surface area (Å²) in [6.45, 7) is 2.45. The normalized spacial score (nSPS) is 10.0. The minimum Gasteiger partial charge on any atom is -0.478 e. The predicted octanol–water partition coefficient (Wildman–Crippen LogP) is 1.83. The number of nitrogens with two attached hydrogens (primary N) is 1. The Balaban J connectivity index is 2.43. The molecule has 2 rings (SSSR count). The van der Waals surface area contributed by atoms with Crippen LogP contribution in [0.5, 0.6) is 5.88 Å². The van der Waals surface area contributed by atoms with Crippen LogP contribution >= 0.6 is 0 Å². The molecule has 1 aromatic carbocycles. The van der Waals surface area contributed by atoms with Gasteiger partial charge in [0.15, 0.2) is 5.82 Å². The Morgan fingerprint density at radius 1 is 1.24 bits per heavy atom. The first-order valence-corrected chi connectivity index (χ1v) is 5.37. The first-order valence-electron chi connectivity index (χ1n) is 5.37. The third-order valence-electron chi connectivity index (χ3n) is 2.17. The van der Waals surface area contributed by atoms with Crippen LogP contribution < -0.4 is 16.0 Å². The van der Waals surface area contributed by atoms with Gasteiger partial charge in [0, 0.05) is 11.6 Å². The molecule has 0 unspecified atom stereocenters. The Labute approximate surface area is 99.6 Å². The molecule has 0 radical (unpaired) electrons. The lowest BCUT2D eigenvalue weighted by Crippen LogP contribution is -2.10. The van der Waals surface area contributed by atoms with Gasteiger partial charge in [-0.25, -0.2) is 10.8 Å². The van der Waals surface area contributed by atoms with Gasteiger partial charge in [-0.15, -0.1) is 0 Å². The summed E-state index contributed by atoms with van der Waals surface area (Å²) < 4.78 is 5.36. The second kappa shape index (κ2) is 5.27. The van der Waals surface area contributed by atoms with E-state index in [-0.39, 0.29) is 0 Å². The lowest BCUT2D eigenvalue weighted by atomic mass is 10.2. The molecule has 0 bridgehead atoms. The van der Waals surface area contributed by atoms with Crippen LogP contribution in [0.2, 0.25) is 0 Å². The van der Waals surface area contributed by atoms with E-state index >= 15 is 0 Å². The van der Waals surface area contributed by atoms with Crippen LogP contribution in [0.15, 0.2) is 36.4 Å². The van der Waals surface area contributed by atoms with Crippen molar-refractivity contribution in [3.8, 4) is 17.3 Å². The zero-order valence-electron chi connectivity index (χ0n) is 9.55. The SMILES string of the molecule is CCOc1cc(NN)nc(-c2ccccc2)n1. The molecule has 88 valence electrons. The average molecular weight is 230 g/mol. The molecule has 0 saturated heterocycles. The summed E-state index contributed by atoms with van der Waals surface area (Å²) in [7, 11) is 0. The highest BCUT2D eigenvalue weighted by molar-refractivity contribution is 5.57. The Hall–Kier alpha value is -2.14. The van der Waals surface area contributed by atoms with Crippen molar-refractivity contribution in [1.29, 1.82) is 0 Å². The molecule has 5 nitrogen and oxygen atoms in total. The highest BCUT2D eigenvalue weighted by Gasteiger charge is 2.06. The maximum atomic E-state index is 5.37. The molecule has 1 aromatic heterocycles. The molecular formula is C12H14N4O. The van der Waals surface area contributed by atoms with Crippen LogP contribution in [0.25, 0.3) is 11.4 Å². The van der Waals surface area contributed by atoms with Crippen LogP contribution in [-0.4, -0.2) is 16.6 Å². The van der Waals surface area contributed by atoms with E-state index in [9.17, 15) is 0 Å². The van der Waals surface area contributed by atoms with Crippen molar-refractivity contribution in [3.63, 3.8) is 0 Å². The molecule has 0 aliphatic carbocycles. The molecule has 5 heteroatoms. The zero-order chi connectivity index (χ0) is 12.1. The van der Waals surface area contributed by atoms with Gasteiger partial charge in [0.05, 0.1) is 6.61 Å². The highest BCUT2D eigenvalue weighted by Crippen LogP contribution is 2.20. The third kappa shape index (κ3) is 2.70. The summed E-state index contributed by atoms with van der Waals surface area (Å²) in [5.41, 5.74) is 3.43. The quantitative estimate of drug-likeness (QED) is 0.619. The summed E-state index contributed by atoms with van der Waals surface area (Å²) in [4.78, 5) is 8.59. The molecule has 1 heterocycles. The van der Waals surface area contributed by atoms with Crippen molar-refractivity contribution in [1.82, 2.24) is 9.97 Å². The summed E-state index contributed by atoms with van der Waals surface area (Å²) in [5, 5.41) is 0. The van der Waals surface area contributed by atoms with E-state index in [0.717, 1.165) is 5.56 Å². The van der Waals surface area contributed by atoms with E-state index in [1.165, 1.54) is 0 Å². The maximum absolute atomic E-state index is 5.37. The van der Waals surface area contributed by atoms with Crippen molar-refractivity contribution in [3.05, 3.63) is 36.4 Å². The predicted molar refractivity (Wildman–Crippen MR) is 66.4 cm³/mol. The Bertz CT molecular complexity index is 487. The van der Waals surface area contributed by atoms with E-state index < -0.39 is 0 Å². The average Bonchev–Trinajstić information content (AvgIpc) is 2.40. The zero-order valence-corrected chi connectivity index (χ0v) is 9.55. The minimum absolute atomic E-state index is 0.509. The Morgan fingerprint density at radius 3 is 2.65 bits per heavy atom. The van der Waals surface area contributed by atoms with E-state index in [0.29, 0.717) is 24.1 Å². The van der Waals surface area contributed by atoms with E-state index in [1.807, 2.05) is 37.3 Å². The lowest BCUT2D eigenvalue weighted by molar-refractivity contribution is 0.327. The monoisotopic (exact) mass is 230 g/mol. The number of anilines is 1. The summed E-state index contributed by atoms with van der Waals surface area (Å²) >= 11 is 0. The molecule has 0 amide bonds. The van der Waals surface area contributed by atoms with Crippen LogP contribution in [0.3, 0.4) is 0 Å². The number of ether oxygens (including phenoxy) is 1. The first-order chi connectivity index (χ1) is 8.33. The van der Waals surface area contributed by atoms with Crippen LogP contribution in [0, 0.1) is 0 Å². The number of aromatic nitrogens is 2. The fourth-order valence-corrected chi connectivity index (χ4v) is 1.44. The summed E-state index contributed by atoms with van der Waals surface area (Å²) in [6.07, 6.45) is 0. The van der Waals surface area contributed by atoms with E-state index in [4.69, 9.17) is 10.6 Å². The molecular weight excluding hydrogens is 216 g/mol. The van der Waals surface area contributed by atoms with Gasteiger partial charge in [-0.05, 0) is 6.92 Å². The van der Waals surface area contributed by atoms with E-state index in [2.05, 4.69) is 15.4 Å². The second-order valence-corrected chi connectivity index (χ2v) is 3.36. The highest BCUT2D eigenvalue weighted by atomic mass is 16.5. The lowest BCUT2D eigenvalue weighted by Gasteiger charge is -2.07. The van der Waals surface area contributed by atoms with Gasteiger partial charge in [0.1, 0.15) is 5.82 Å². The van der Waals surface area contributed by atoms with Crippen molar-refractivity contribution < 1.29 is 4.74 Å². The molecule has 17 heavy (non-hydrogen) atoms. The number of benzene rings is 1. The molecule has 0 spiro atoms. The summed E-state index contributed by atoms with van der Waals surface area (Å²) in [5.74, 6) is 6.99. The van der Waals surface area contributed by atoms with Crippen molar-refractivity contribution in [2.75, 3.05) is 12.0 Å². The fraction of sp³-hybridized carbons (Fsp3) is 0.167. The Morgan fingerprint density at radius 2 is 2.00 bits per heavy atom. The van der Waals surface area contributed by atoms with Gasteiger partial charge in [-0.1, -0.05) is 30.3 Å². The standard InChI is InChI=1S/C12H14N4O/c1-2-17-11-8-10(16-13)14-12(15-11)9-6-4-3-5-7-9/h3-8H,2,13H2,1H3,(H,14,15,16). The smallest absolute Gasteiger partial charge is 0.219 e. The van der Waals surface area contributed by atoms with Crippen molar-refractivity contribution >= 4 is 5.82 Å². The number of nitrogens with one attached hydrogen (secondary N) is 1. The van der Waals surface area contributed by atoms with Crippen LogP contribution in [0.4, 0.5) is 5.82 Å². The van der Waals surface area contributed by atoms with Gasteiger partial charge in [-0.2, -0.15) is 4.98 Å². The van der Waals surface area contributed by atoms with Crippen molar-refractivity contribution in [2.45, 2.75) is 6.92 Å². The Kier molecular flexibility index (Phi) is 3.52. The van der Waals surface area contributed by atoms with Gasteiger partial charge < -0.3 is 10.2 Å². The van der Waals surface area contributed by atoms with E-state index in [1.54, 1.807) is 6.07 Å². The van der Waals surface area contributed by atoms with Gasteiger partial charge in [0.25, 0.3) is 0 Å². The molecule has 0 saturated carbocycles. The molecule has 0 atom stereocenters. The van der Waals surface area contributed by atoms with Crippen LogP contribution in [0.1, 0.15) is 6.92 Å². The van der Waals surface area contributed by atoms with Gasteiger partial charge >= 0.3 is 0 Å². The van der Waals surface area contributed by atoms with Gasteiger partial charge in [-0.3, -0.25) is 0 Å². The number of nitrogen functional groups attached to an aromatic ring is 1. The first kappa shape index (κ1) is 11.3. The summed E-state index contributed by atoms with van der Waals surface area (Å²) in [6, 6.07) is 11.3. The third-order valence-corrected chi connectivity index (χ3v) is 2.17. The largest absolute Gasteiger partial charge is 0.478 e. The molecule has 0 fully saturated rings. The van der Waals surface area contributed by atoms with Crippen molar-refractivity contribution in [2.24, 2.45) is 5.84 Å². The van der Waals surface area contributed by atoms with Crippen LogP contribution in [-0.2, 0) is 0 Å². The number of hydrogen-bond donors (Lipinski definition) is 2. The number of hydrazine groups is 1. The molecule has 0 aliphatic rings. The number of nitrogens with zero attached hydrogens (tertiary/aromatic N) is 2. The van der Waals surface area contributed by atoms with Gasteiger partial charge in [0.2, 0.25) is 5.88 Å². The second-order valence-electron chi connectivity index (χ2n) is 3.36. The molecule has 3 N–H and O–H groups in total. The fourth-order valence-electron chi connectivity index (χ4n) is 1.44.